The van der Waals surface area contributed by atoms with Crippen molar-refractivity contribution >= 4 is 17.0 Å². The van der Waals surface area contributed by atoms with Crippen molar-refractivity contribution in [2.75, 3.05) is 20.2 Å². The number of likely N-dealkylation sites (tertiary alicyclic amines) is 1. The first-order valence-corrected chi connectivity index (χ1v) is 12.9. The van der Waals surface area contributed by atoms with E-state index in [2.05, 4.69) is 68.5 Å². The maximum atomic E-state index is 11.7. The molecule has 6 rings (SSSR count). The first-order valence-electron chi connectivity index (χ1n) is 12.9. The molecule has 0 amide bonds. The van der Waals surface area contributed by atoms with Gasteiger partial charge in [0.2, 0.25) is 0 Å². The zero-order valence-electron chi connectivity index (χ0n) is 21.4. The van der Waals surface area contributed by atoms with Crippen LogP contribution in [-0.4, -0.2) is 55.4 Å². The number of benzene rings is 2. The van der Waals surface area contributed by atoms with Gasteiger partial charge < -0.3 is 9.30 Å². The van der Waals surface area contributed by atoms with Crippen LogP contribution in [0, 0.1) is 0 Å². The minimum Gasteiger partial charge on any atom is -0.465 e. The topological polar surface area (TPSA) is 78.1 Å². The normalized spacial score (nSPS) is 14.7. The maximum Gasteiger partial charge on any atom is 0.337 e. The van der Waals surface area contributed by atoms with Gasteiger partial charge in [0.25, 0.3) is 0 Å². The molecule has 4 heterocycles. The van der Waals surface area contributed by atoms with E-state index in [0.717, 1.165) is 49.4 Å². The van der Waals surface area contributed by atoms with Crippen molar-refractivity contribution in [3.8, 4) is 5.69 Å². The van der Waals surface area contributed by atoms with Crippen LogP contribution in [0.1, 0.15) is 45.8 Å². The summed E-state index contributed by atoms with van der Waals surface area (Å²) in [5.41, 5.74) is 6.38. The maximum absolute atomic E-state index is 11.7. The summed E-state index contributed by atoms with van der Waals surface area (Å²) in [6, 6.07) is 20.6. The largest absolute Gasteiger partial charge is 0.465 e. The number of hydrogen-bond acceptors (Lipinski definition) is 6. The monoisotopic (exact) mass is 506 g/mol. The number of carbonyl (C=O) groups is 1. The minimum absolute atomic E-state index is 0.318. The van der Waals surface area contributed by atoms with Gasteiger partial charge in [0, 0.05) is 36.6 Å². The molecule has 8 heteroatoms. The van der Waals surface area contributed by atoms with Crippen molar-refractivity contribution in [3.63, 3.8) is 0 Å². The van der Waals surface area contributed by atoms with E-state index in [1.54, 1.807) is 24.8 Å². The molecule has 0 spiro atoms. The van der Waals surface area contributed by atoms with Crippen LogP contribution >= 0.6 is 0 Å². The molecular weight excluding hydrogens is 476 g/mol. The molecule has 192 valence electrons. The SMILES string of the molecule is COC(=O)c1ccc(Cn2ccc3cc(C4CCN(Cc5ccc(-n6cnnc6)cc5)CC4)cnc32)cc1. The third-order valence-electron chi connectivity index (χ3n) is 7.47. The summed E-state index contributed by atoms with van der Waals surface area (Å²) in [5.74, 6) is 0.217. The number of esters is 1. The molecule has 3 aromatic heterocycles. The lowest BCUT2D eigenvalue weighted by Gasteiger charge is -2.32. The highest BCUT2D eigenvalue weighted by Gasteiger charge is 2.21. The van der Waals surface area contributed by atoms with E-state index in [4.69, 9.17) is 9.72 Å². The van der Waals surface area contributed by atoms with Crippen LogP contribution in [0.25, 0.3) is 16.7 Å². The quantitative estimate of drug-likeness (QED) is 0.294. The van der Waals surface area contributed by atoms with Crippen LogP contribution in [0.15, 0.2) is 85.7 Å². The molecule has 0 aliphatic carbocycles. The molecule has 0 N–H and O–H groups in total. The Bertz CT molecular complexity index is 1520. The summed E-state index contributed by atoms with van der Waals surface area (Å²) in [7, 11) is 1.40. The zero-order valence-corrected chi connectivity index (χ0v) is 21.4. The Morgan fingerprint density at radius 2 is 1.61 bits per heavy atom. The molecule has 2 aromatic carbocycles. The third kappa shape index (κ3) is 5.08. The molecule has 1 aliphatic rings. The van der Waals surface area contributed by atoms with Gasteiger partial charge in [-0.1, -0.05) is 24.3 Å². The number of rotatable bonds is 7. The van der Waals surface area contributed by atoms with Crippen molar-refractivity contribution in [1.82, 2.24) is 29.2 Å². The number of carbonyl (C=O) groups excluding carboxylic acids is 1. The van der Waals surface area contributed by atoms with Crippen LogP contribution in [0.2, 0.25) is 0 Å². The van der Waals surface area contributed by atoms with E-state index >= 15 is 0 Å². The first kappa shape index (κ1) is 24.1. The van der Waals surface area contributed by atoms with Crippen LogP contribution in [-0.2, 0) is 17.8 Å². The third-order valence-corrected chi connectivity index (χ3v) is 7.47. The number of methoxy groups -OCH3 is 1. The molecule has 38 heavy (non-hydrogen) atoms. The average Bonchev–Trinajstić information content (AvgIpc) is 3.64. The van der Waals surface area contributed by atoms with Gasteiger partial charge in [-0.05, 0) is 84.9 Å². The molecule has 8 nitrogen and oxygen atoms in total. The first-order chi connectivity index (χ1) is 18.7. The number of pyridine rings is 1. The van der Waals surface area contributed by atoms with E-state index in [0.29, 0.717) is 18.0 Å². The molecule has 1 saturated heterocycles. The Kier molecular flexibility index (Phi) is 6.71. The standard InChI is InChI=1S/C30H30N6O2/c1-38-30(37)25-6-2-23(3-7-25)19-35-15-12-26-16-27(17-31-29(26)35)24-10-13-34(14-11-24)18-22-4-8-28(9-5-22)36-20-32-33-21-36/h2-9,12,15-17,20-21,24H,10-11,13-14,18-19H2,1H3. The van der Waals surface area contributed by atoms with E-state index in [9.17, 15) is 4.79 Å². The van der Waals surface area contributed by atoms with Crippen molar-refractivity contribution in [3.05, 3.63) is 108 Å². The Morgan fingerprint density at radius 1 is 0.921 bits per heavy atom. The fraction of sp³-hybridized carbons (Fsp3) is 0.267. The van der Waals surface area contributed by atoms with E-state index < -0.39 is 0 Å². The van der Waals surface area contributed by atoms with Gasteiger partial charge in [0.1, 0.15) is 18.3 Å². The molecule has 0 saturated carbocycles. The molecule has 0 unspecified atom stereocenters. The summed E-state index contributed by atoms with van der Waals surface area (Å²) in [5, 5.41) is 8.93. The van der Waals surface area contributed by atoms with Crippen molar-refractivity contribution in [2.45, 2.75) is 31.8 Å². The minimum atomic E-state index is -0.318. The highest BCUT2D eigenvalue weighted by molar-refractivity contribution is 5.89. The van der Waals surface area contributed by atoms with E-state index in [1.165, 1.54) is 23.6 Å². The summed E-state index contributed by atoms with van der Waals surface area (Å²) in [6.07, 6.45) is 9.86. The molecule has 0 radical (unpaired) electrons. The second-order valence-electron chi connectivity index (χ2n) is 9.90. The number of aromatic nitrogens is 5. The summed E-state index contributed by atoms with van der Waals surface area (Å²) >= 11 is 0. The van der Waals surface area contributed by atoms with Gasteiger partial charge in [-0.15, -0.1) is 10.2 Å². The molecule has 0 bridgehead atoms. The lowest BCUT2D eigenvalue weighted by Crippen LogP contribution is -2.32. The second kappa shape index (κ2) is 10.6. The molecular formula is C30H30N6O2. The number of ether oxygens (including phenoxy) is 1. The molecule has 5 aromatic rings. The Balaban J connectivity index is 1.06. The summed E-state index contributed by atoms with van der Waals surface area (Å²) in [6.45, 7) is 3.84. The fourth-order valence-corrected chi connectivity index (χ4v) is 5.30. The van der Waals surface area contributed by atoms with Crippen molar-refractivity contribution in [1.29, 1.82) is 0 Å². The zero-order chi connectivity index (χ0) is 25.9. The predicted octanol–water partition coefficient (Wildman–Crippen LogP) is 4.83. The van der Waals surface area contributed by atoms with Gasteiger partial charge >= 0.3 is 5.97 Å². The van der Waals surface area contributed by atoms with Crippen molar-refractivity contribution < 1.29 is 9.53 Å². The smallest absolute Gasteiger partial charge is 0.337 e. The Morgan fingerprint density at radius 3 is 2.32 bits per heavy atom. The van der Waals surface area contributed by atoms with Gasteiger partial charge in [-0.3, -0.25) is 9.47 Å². The van der Waals surface area contributed by atoms with Crippen LogP contribution < -0.4 is 0 Å². The average molecular weight is 507 g/mol. The van der Waals surface area contributed by atoms with Gasteiger partial charge in [0.15, 0.2) is 0 Å². The molecule has 1 aliphatic heterocycles. The van der Waals surface area contributed by atoms with Crippen LogP contribution in [0.4, 0.5) is 0 Å². The van der Waals surface area contributed by atoms with E-state index in [1.807, 2.05) is 16.7 Å². The van der Waals surface area contributed by atoms with E-state index in [-0.39, 0.29) is 5.97 Å². The molecule has 0 atom stereocenters. The number of nitrogens with zero attached hydrogens (tertiary/aromatic N) is 6. The van der Waals surface area contributed by atoms with Crippen molar-refractivity contribution in [2.24, 2.45) is 0 Å². The highest BCUT2D eigenvalue weighted by atomic mass is 16.5. The lowest BCUT2D eigenvalue weighted by molar-refractivity contribution is 0.0600. The number of fused-ring (bicyclic) bond motifs is 1. The van der Waals surface area contributed by atoms with Crippen LogP contribution in [0.3, 0.4) is 0 Å². The van der Waals surface area contributed by atoms with Crippen LogP contribution in [0.5, 0.6) is 0 Å². The highest BCUT2D eigenvalue weighted by Crippen LogP contribution is 2.30. The van der Waals surface area contributed by atoms with Gasteiger partial charge in [-0.2, -0.15) is 0 Å². The summed E-state index contributed by atoms with van der Waals surface area (Å²) in [4.78, 5) is 19.1. The predicted molar refractivity (Wildman–Crippen MR) is 145 cm³/mol. The van der Waals surface area contributed by atoms with Gasteiger partial charge in [-0.25, -0.2) is 9.78 Å². The molecule has 1 fully saturated rings. The number of hydrogen-bond donors (Lipinski definition) is 0. The second-order valence-corrected chi connectivity index (χ2v) is 9.90. The lowest BCUT2D eigenvalue weighted by atomic mass is 9.90. The Labute approximate surface area is 221 Å². The summed E-state index contributed by atoms with van der Waals surface area (Å²) < 4.78 is 8.86. The van der Waals surface area contributed by atoms with Gasteiger partial charge in [0.05, 0.1) is 12.7 Å². The Hall–Kier alpha value is -4.30. The fourth-order valence-electron chi connectivity index (χ4n) is 5.30. The number of piperidine rings is 1.